The van der Waals surface area contributed by atoms with E-state index in [-0.39, 0.29) is 35.9 Å². The van der Waals surface area contributed by atoms with Gasteiger partial charge >= 0.3 is 0 Å². The van der Waals surface area contributed by atoms with E-state index in [1.165, 1.54) is 12.1 Å². The molecule has 0 radical (unpaired) electrons. The van der Waals surface area contributed by atoms with Gasteiger partial charge in [0.2, 0.25) is 0 Å². The van der Waals surface area contributed by atoms with Crippen molar-refractivity contribution in [2.24, 2.45) is 4.99 Å². The zero-order valence-electron chi connectivity index (χ0n) is 17.4. The minimum absolute atomic E-state index is 0. The number of aliphatic imine (C=N–C) groups is 1. The third-order valence-corrected chi connectivity index (χ3v) is 5.23. The van der Waals surface area contributed by atoms with Crippen LogP contribution in [0.4, 0.5) is 4.39 Å². The Balaban J connectivity index is 0.00000420. The summed E-state index contributed by atoms with van der Waals surface area (Å²) in [4.78, 5) is 11.0. The van der Waals surface area contributed by atoms with E-state index in [1.54, 1.807) is 37.6 Å². The number of hydrogen-bond acceptors (Lipinski definition) is 5. The molecule has 1 aromatic heterocycles. The highest BCUT2D eigenvalue weighted by molar-refractivity contribution is 14.0. The number of hydrogen-bond donors (Lipinski definition) is 1. The highest BCUT2D eigenvalue weighted by atomic mass is 127. The lowest BCUT2D eigenvalue weighted by Gasteiger charge is -2.21. The van der Waals surface area contributed by atoms with Crippen LogP contribution in [0.2, 0.25) is 0 Å². The zero-order chi connectivity index (χ0) is 20.4. The topological polar surface area (TPSA) is 59.0 Å². The molecule has 9 heteroatoms. The van der Waals surface area contributed by atoms with E-state index >= 15 is 0 Å². The number of rotatable bonds is 10. The van der Waals surface area contributed by atoms with Crippen LogP contribution in [0.3, 0.4) is 0 Å². The monoisotopic (exact) mass is 536 g/mol. The minimum Gasteiger partial charge on any atom is -0.494 e. The van der Waals surface area contributed by atoms with Gasteiger partial charge in [-0.15, -0.1) is 35.3 Å². The third-order valence-electron chi connectivity index (χ3n) is 4.18. The van der Waals surface area contributed by atoms with E-state index in [4.69, 9.17) is 9.47 Å². The predicted octanol–water partition coefficient (Wildman–Crippen LogP) is 4.47. The fourth-order valence-electron chi connectivity index (χ4n) is 2.53. The maximum atomic E-state index is 12.9. The van der Waals surface area contributed by atoms with Crippen LogP contribution in [0.25, 0.3) is 0 Å². The fraction of sp³-hybridized carbons (Fsp3) is 0.500. The van der Waals surface area contributed by atoms with Gasteiger partial charge in [-0.2, -0.15) is 0 Å². The molecule has 1 unspecified atom stereocenters. The molecule has 0 fully saturated rings. The van der Waals surface area contributed by atoms with Gasteiger partial charge in [0.1, 0.15) is 22.7 Å². The number of thiazole rings is 1. The van der Waals surface area contributed by atoms with Crippen LogP contribution in [0.1, 0.15) is 36.6 Å². The number of aromatic nitrogens is 1. The van der Waals surface area contributed by atoms with Crippen molar-refractivity contribution in [3.63, 3.8) is 0 Å². The van der Waals surface area contributed by atoms with E-state index in [2.05, 4.69) is 20.7 Å². The molecule has 0 aliphatic carbocycles. The van der Waals surface area contributed by atoms with Crippen LogP contribution in [0.15, 0.2) is 34.6 Å². The molecule has 0 saturated heterocycles. The van der Waals surface area contributed by atoms with Crippen LogP contribution in [-0.2, 0) is 11.3 Å². The molecule has 0 spiro atoms. The summed E-state index contributed by atoms with van der Waals surface area (Å²) in [7, 11) is 5.45. The first-order chi connectivity index (χ1) is 13.5. The van der Waals surface area contributed by atoms with Gasteiger partial charge in [0.15, 0.2) is 5.96 Å². The van der Waals surface area contributed by atoms with Gasteiger partial charge in [0.25, 0.3) is 0 Å². The second-order valence-electron chi connectivity index (χ2n) is 6.39. The second kappa shape index (κ2) is 13.7. The molecule has 0 bridgehead atoms. The van der Waals surface area contributed by atoms with Crippen molar-refractivity contribution >= 4 is 41.3 Å². The lowest BCUT2D eigenvalue weighted by molar-refractivity contribution is 0.119. The largest absolute Gasteiger partial charge is 0.494 e. The summed E-state index contributed by atoms with van der Waals surface area (Å²) in [5.74, 6) is 1.26. The van der Waals surface area contributed by atoms with Gasteiger partial charge in [-0.1, -0.05) is 0 Å². The molecular weight excluding hydrogens is 506 g/mol. The van der Waals surface area contributed by atoms with Crippen molar-refractivity contribution in [3.8, 4) is 5.75 Å². The highest BCUT2D eigenvalue weighted by Crippen LogP contribution is 2.20. The molecular formula is C20H30FIN4O2S. The van der Waals surface area contributed by atoms with E-state index in [0.29, 0.717) is 18.9 Å². The van der Waals surface area contributed by atoms with E-state index in [1.807, 2.05) is 18.9 Å². The molecule has 0 amide bonds. The fourth-order valence-corrected chi connectivity index (χ4v) is 3.38. The zero-order valence-corrected chi connectivity index (χ0v) is 20.5. The molecule has 1 N–H and O–H groups in total. The van der Waals surface area contributed by atoms with Crippen molar-refractivity contribution < 1.29 is 13.9 Å². The molecule has 1 atom stereocenters. The van der Waals surface area contributed by atoms with E-state index in [0.717, 1.165) is 36.0 Å². The first-order valence-electron chi connectivity index (χ1n) is 9.30. The number of methoxy groups -OCH3 is 1. The number of unbranched alkanes of at least 4 members (excludes halogenated alkanes) is 1. The second-order valence-corrected chi connectivity index (χ2v) is 7.28. The van der Waals surface area contributed by atoms with Crippen molar-refractivity contribution in [2.45, 2.75) is 32.4 Å². The molecule has 2 rings (SSSR count). The Bertz CT molecular complexity index is 742. The van der Waals surface area contributed by atoms with E-state index in [9.17, 15) is 4.39 Å². The smallest absolute Gasteiger partial charge is 0.193 e. The Labute approximate surface area is 193 Å². The maximum Gasteiger partial charge on any atom is 0.193 e. The van der Waals surface area contributed by atoms with Gasteiger partial charge in [-0.05, 0) is 44.0 Å². The first-order valence-corrected chi connectivity index (χ1v) is 10.2. The molecule has 29 heavy (non-hydrogen) atoms. The molecule has 0 aliphatic heterocycles. The maximum absolute atomic E-state index is 12.9. The Kier molecular flexibility index (Phi) is 12.1. The Morgan fingerprint density at radius 2 is 2.03 bits per heavy atom. The first kappa shape index (κ1) is 25.6. The van der Waals surface area contributed by atoms with Gasteiger partial charge in [0.05, 0.1) is 18.8 Å². The number of nitrogens with zero attached hydrogens (tertiary/aromatic N) is 3. The lowest BCUT2D eigenvalue weighted by Crippen LogP contribution is -2.39. The number of halogens is 2. The minimum atomic E-state index is -0.255. The standard InChI is InChI=1S/C20H29FN4O2S.HI/c1-15(26-4)19-24-17(14-28-19)13-25(3)20(22-2)23-11-5-6-12-27-18-9-7-16(21)8-10-18;/h7-10,14-15H,5-6,11-13H2,1-4H3,(H,22,23);1H. The number of ether oxygens (including phenoxy) is 2. The van der Waals surface area contributed by atoms with Crippen molar-refractivity contribution in [1.29, 1.82) is 0 Å². The number of benzene rings is 1. The Morgan fingerprint density at radius 1 is 1.31 bits per heavy atom. The third kappa shape index (κ3) is 8.83. The van der Waals surface area contributed by atoms with Gasteiger partial charge in [-0.25, -0.2) is 9.37 Å². The molecule has 6 nitrogen and oxygen atoms in total. The molecule has 162 valence electrons. The number of guanidine groups is 1. The van der Waals surface area contributed by atoms with Gasteiger partial charge < -0.3 is 19.7 Å². The van der Waals surface area contributed by atoms with Crippen LogP contribution in [-0.4, -0.2) is 50.2 Å². The van der Waals surface area contributed by atoms with Gasteiger partial charge in [-0.3, -0.25) is 4.99 Å². The van der Waals surface area contributed by atoms with Crippen LogP contribution < -0.4 is 10.1 Å². The Morgan fingerprint density at radius 3 is 2.69 bits per heavy atom. The summed E-state index contributed by atoms with van der Waals surface area (Å²) in [6, 6.07) is 6.08. The average Bonchev–Trinajstić information content (AvgIpc) is 3.16. The quantitative estimate of drug-likeness (QED) is 0.210. The molecule has 1 heterocycles. The normalized spacial score (nSPS) is 12.2. The molecule has 1 aromatic carbocycles. The van der Waals surface area contributed by atoms with E-state index < -0.39 is 0 Å². The van der Waals surface area contributed by atoms with Crippen molar-refractivity contribution in [3.05, 3.63) is 46.2 Å². The number of nitrogens with one attached hydrogen (secondary N) is 1. The highest BCUT2D eigenvalue weighted by Gasteiger charge is 2.12. The van der Waals surface area contributed by atoms with Crippen LogP contribution in [0.5, 0.6) is 5.75 Å². The molecule has 0 aliphatic rings. The summed E-state index contributed by atoms with van der Waals surface area (Å²) in [5, 5.41) is 6.40. The van der Waals surface area contributed by atoms with Crippen molar-refractivity contribution in [2.75, 3.05) is 34.4 Å². The summed E-state index contributed by atoms with van der Waals surface area (Å²) < 4.78 is 23.8. The Hall–Kier alpha value is -1.46. The average molecular weight is 536 g/mol. The SMILES string of the molecule is CN=C(NCCCCOc1ccc(F)cc1)N(C)Cc1csc(C(C)OC)n1.I. The summed E-state index contributed by atoms with van der Waals surface area (Å²) >= 11 is 1.61. The molecule has 2 aromatic rings. The summed E-state index contributed by atoms with van der Waals surface area (Å²) in [5.41, 5.74) is 1.00. The summed E-state index contributed by atoms with van der Waals surface area (Å²) in [6.45, 7) is 4.07. The lowest BCUT2D eigenvalue weighted by atomic mass is 10.3. The molecule has 0 saturated carbocycles. The van der Waals surface area contributed by atoms with Crippen LogP contribution in [0, 0.1) is 5.82 Å². The predicted molar refractivity (Wildman–Crippen MR) is 127 cm³/mol. The summed E-state index contributed by atoms with van der Waals surface area (Å²) in [6.07, 6.45) is 1.86. The van der Waals surface area contributed by atoms with Crippen molar-refractivity contribution in [1.82, 2.24) is 15.2 Å². The van der Waals surface area contributed by atoms with Crippen LogP contribution >= 0.6 is 35.3 Å². The van der Waals surface area contributed by atoms with Gasteiger partial charge in [0, 0.05) is 33.1 Å².